The summed E-state index contributed by atoms with van der Waals surface area (Å²) < 4.78 is 11.4. The molecule has 0 bridgehead atoms. The highest BCUT2D eigenvalue weighted by molar-refractivity contribution is 8.01. The van der Waals surface area contributed by atoms with Crippen LogP contribution in [0.5, 0.6) is 11.5 Å². The van der Waals surface area contributed by atoms with Gasteiger partial charge < -0.3 is 19.7 Å². The Morgan fingerprint density at radius 2 is 1.87 bits per heavy atom. The standard InChI is InChI=1S/C23H28N2O4S/c1-4-25(14-18-6-5-7-20-22(18)29-13-12-28-20)23(27)17(3)30-15-21(26)24-19-10-8-16(2)9-11-19/h5-11,17H,4,12-15H2,1-3H3,(H,24,26). The van der Waals surface area contributed by atoms with E-state index < -0.39 is 0 Å². The van der Waals surface area contributed by atoms with Crippen LogP contribution in [-0.4, -0.2) is 47.5 Å². The first-order valence-corrected chi connectivity index (χ1v) is 11.2. The molecule has 2 aromatic rings. The topological polar surface area (TPSA) is 67.9 Å². The predicted octanol–water partition coefficient (Wildman–Crippen LogP) is 3.88. The number of benzene rings is 2. The molecule has 30 heavy (non-hydrogen) atoms. The molecule has 1 N–H and O–H groups in total. The van der Waals surface area contributed by atoms with Crippen molar-refractivity contribution in [3.8, 4) is 11.5 Å². The van der Waals surface area contributed by atoms with E-state index in [1.54, 1.807) is 4.90 Å². The number of hydrogen-bond donors (Lipinski definition) is 1. The molecule has 0 fully saturated rings. The fourth-order valence-electron chi connectivity index (χ4n) is 3.17. The molecule has 0 aromatic heterocycles. The Labute approximate surface area is 181 Å². The lowest BCUT2D eigenvalue weighted by Crippen LogP contribution is -2.36. The van der Waals surface area contributed by atoms with Gasteiger partial charge in [-0.3, -0.25) is 9.59 Å². The highest BCUT2D eigenvalue weighted by atomic mass is 32.2. The first-order valence-electron chi connectivity index (χ1n) is 10.1. The molecule has 0 saturated carbocycles. The van der Waals surface area contributed by atoms with Gasteiger partial charge in [0.1, 0.15) is 13.2 Å². The van der Waals surface area contributed by atoms with Crippen LogP contribution < -0.4 is 14.8 Å². The minimum Gasteiger partial charge on any atom is -0.486 e. The summed E-state index contributed by atoms with van der Waals surface area (Å²) in [5.41, 5.74) is 2.83. The van der Waals surface area contributed by atoms with E-state index in [1.807, 2.05) is 63.2 Å². The highest BCUT2D eigenvalue weighted by Gasteiger charge is 2.23. The molecule has 6 nitrogen and oxygen atoms in total. The Morgan fingerprint density at radius 1 is 1.13 bits per heavy atom. The van der Waals surface area contributed by atoms with Crippen molar-refractivity contribution in [1.29, 1.82) is 0 Å². The third-order valence-electron chi connectivity index (χ3n) is 4.85. The van der Waals surface area contributed by atoms with Crippen molar-refractivity contribution in [2.45, 2.75) is 32.6 Å². The van der Waals surface area contributed by atoms with Crippen molar-refractivity contribution < 1.29 is 19.1 Å². The molecule has 1 unspecified atom stereocenters. The number of thioether (sulfide) groups is 1. The summed E-state index contributed by atoms with van der Waals surface area (Å²) in [6.07, 6.45) is 0. The number of nitrogens with one attached hydrogen (secondary N) is 1. The second-order valence-electron chi connectivity index (χ2n) is 7.16. The molecule has 1 heterocycles. The van der Waals surface area contributed by atoms with Gasteiger partial charge in [0, 0.05) is 24.3 Å². The molecule has 1 atom stereocenters. The van der Waals surface area contributed by atoms with Crippen molar-refractivity contribution >= 4 is 29.3 Å². The van der Waals surface area contributed by atoms with Gasteiger partial charge in [0.2, 0.25) is 11.8 Å². The summed E-state index contributed by atoms with van der Waals surface area (Å²) in [6.45, 7) is 7.85. The van der Waals surface area contributed by atoms with E-state index in [0.717, 1.165) is 22.6 Å². The average Bonchev–Trinajstić information content (AvgIpc) is 2.77. The number of carbonyl (C=O) groups is 2. The lowest BCUT2D eigenvalue weighted by molar-refractivity contribution is -0.130. The van der Waals surface area contributed by atoms with E-state index in [1.165, 1.54) is 11.8 Å². The van der Waals surface area contributed by atoms with Crippen molar-refractivity contribution in [3.05, 3.63) is 53.6 Å². The van der Waals surface area contributed by atoms with Gasteiger partial charge in [0.25, 0.3) is 0 Å². The maximum atomic E-state index is 13.0. The van der Waals surface area contributed by atoms with Crippen LogP contribution in [0.1, 0.15) is 25.0 Å². The molecule has 2 aromatic carbocycles. The predicted molar refractivity (Wildman–Crippen MR) is 120 cm³/mol. The molecular weight excluding hydrogens is 400 g/mol. The molecule has 0 aliphatic carbocycles. The van der Waals surface area contributed by atoms with E-state index >= 15 is 0 Å². The number of rotatable bonds is 8. The van der Waals surface area contributed by atoms with Gasteiger partial charge >= 0.3 is 0 Å². The zero-order valence-electron chi connectivity index (χ0n) is 17.6. The number of amides is 2. The summed E-state index contributed by atoms with van der Waals surface area (Å²) in [5, 5.41) is 2.54. The van der Waals surface area contributed by atoms with Gasteiger partial charge in [-0.05, 0) is 39.0 Å². The minimum atomic E-state index is -0.328. The van der Waals surface area contributed by atoms with Crippen molar-refractivity contribution in [1.82, 2.24) is 4.90 Å². The molecule has 160 valence electrons. The lowest BCUT2D eigenvalue weighted by atomic mass is 10.1. The van der Waals surface area contributed by atoms with E-state index in [4.69, 9.17) is 9.47 Å². The molecule has 7 heteroatoms. The molecule has 1 aliphatic heterocycles. The Kier molecular flexibility index (Phi) is 7.63. The molecule has 0 radical (unpaired) electrons. The van der Waals surface area contributed by atoms with Crippen LogP contribution in [0.3, 0.4) is 0 Å². The Balaban J connectivity index is 1.55. The van der Waals surface area contributed by atoms with E-state index in [9.17, 15) is 9.59 Å². The number of para-hydroxylation sites is 1. The number of hydrogen-bond acceptors (Lipinski definition) is 5. The molecule has 2 amide bonds. The van der Waals surface area contributed by atoms with Crippen LogP contribution in [0.25, 0.3) is 0 Å². The maximum absolute atomic E-state index is 13.0. The van der Waals surface area contributed by atoms with Gasteiger partial charge in [-0.1, -0.05) is 29.8 Å². The number of nitrogens with zero attached hydrogens (tertiary/aromatic N) is 1. The monoisotopic (exact) mass is 428 g/mol. The third kappa shape index (κ3) is 5.69. The molecule has 0 saturated heterocycles. The second kappa shape index (κ2) is 10.4. The number of carbonyl (C=O) groups excluding carboxylic acids is 2. The van der Waals surface area contributed by atoms with Crippen molar-refractivity contribution in [2.24, 2.45) is 0 Å². The van der Waals surface area contributed by atoms with Crippen molar-refractivity contribution in [2.75, 3.05) is 30.8 Å². The second-order valence-corrected chi connectivity index (χ2v) is 8.49. The average molecular weight is 429 g/mol. The Bertz CT molecular complexity index is 885. The number of anilines is 1. The van der Waals surface area contributed by atoms with Crippen LogP contribution in [0, 0.1) is 6.92 Å². The van der Waals surface area contributed by atoms with Gasteiger partial charge in [-0.25, -0.2) is 0 Å². The fourth-order valence-corrected chi connectivity index (χ4v) is 3.94. The fraction of sp³-hybridized carbons (Fsp3) is 0.391. The Morgan fingerprint density at radius 3 is 2.60 bits per heavy atom. The molecular formula is C23H28N2O4S. The van der Waals surface area contributed by atoms with E-state index in [0.29, 0.717) is 32.1 Å². The first-order chi connectivity index (χ1) is 14.5. The van der Waals surface area contributed by atoms with Gasteiger partial charge in [-0.2, -0.15) is 0 Å². The maximum Gasteiger partial charge on any atom is 0.235 e. The summed E-state index contributed by atoms with van der Waals surface area (Å²) in [7, 11) is 0. The lowest BCUT2D eigenvalue weighted by Gasteiger charge is -2.27. The summed E-state index contributed by atoms with van der Waals surface area (Å²) in [5.74, 6) is 1.54. The van der Waals surface area contributed by atoms with Crippen LogP contribution in [0.15, 0.2) is 42.5 Å². The number of aryl methyl sites for hydroxylation is 1. The SMILES string of the molecule is CCN(Cc1cccc2c1OCCO2)C(=O)C(C)SCC(=O)Nc1ccc(C)cc1. The van der Waals surface area contributed by atoms with Crippen molar-refractivity contribution in [3.63, 3.8) is 0 Å². The first kappa shape index (κ1) is 22.0. The number of fused-ring (bicyclic) bond motifs is 1. The van der Waals surface area contributed by atoms with Gasteiger partial charge in [0.15, 0.2) is 11.5 Å². The largest absolute Gasteiger partial charge is 0.486 e. The van der Waals surface area contributed by atoms with Gasteiger partial charge in [0.05, 0.1) is 11.0 Å². The Hall–Kier alpha value is -2.67. The highest BCUT2D eigenvalue weighted by Crippen LogP contribution is 2.34. The van der Waals surface area contributed by atoms with Crippen LogP contribution >= 0.6 is 11.8 Å². The molecule has 3 rings (SSSR count). The van der Waals surface area contributed by atoms with E-state index in [-0.39, 0.29) is 22.8 Å². The summed E-state index contributed by atoms with van der Waals surface area (Å²) >= 11 is 1.34. The quantitative estimate of drug-likeness (QED) is 0.691. The normalized spacial score (nSPS) is 13.4. The van der Waals surface area contributed by atoms with Crippen LogP contribution in [-0.2, 0) is 16.1 Å². The zero-order chi connectivity index (χ0) is 21.5. The molecule has 0 spiro atoms. The summed E-state index contributed by atoms with van der Waals surface area (Å²) in [4.78, 5) is 27.0. The van der Waals surface area contributed by atoms with E-state index in [2.05, 4.69) is 5.32 Å². The molecule has 1 aliphatic rings. The zero-order valence-corrected chi connectivity index (χ0v) is 18.5. The van der Waals surface area contributed by atoms with Crippen LogP contribution in [0.4, 0.5) is 5.69 Å². The van der Waals surface area contributed by atoms with Crippen LogP contribution in [0.2, 0.25) is 0 Å². The summed E-state index contributed by atoms with van der Waals surface area (Å²) in [6, 6.07) is 13.4. The number of ether oxygens (including phenoxy) is 2. The van der Waals surface area contributed by atoms with Gasteiger partial charge in [-0.15, -0.1) is 11.8 Å². The smallest absolute Gasteiger partial charge is 0.235 e. The minimum absolute atomic E-state index is 0.0000308. The third-order valence-corrected chi connectivity index (χ3v) is 5.98.